The number of hydrogen-bond donors (Lipinski definition) is 1. The predicted octanol–water partition coefficient (Wildman–Crippen LogP) is 2.27. The van der Waals surface area contributed by atoms with Crippen molar-refractivity contribution in [2.45, 2.75) is 31.8 Å². The van der Waals surface area contributed by atoms with Crippen molar-refractivity contribution in [1.82, 2.24) is 10.2 Å². The first-order valence-corrected chi connectivity index (χ1v) is 6.81. The summed E-state index contributed by atoms with van der Waals surface area (Å²) in [5.74, 6) is -0.372. The summed E-state index contributed by atoms with van der Waals surface area (Å²) in [5, 5.41) is 12.2. The molecule has 19 heavy (non-hydrogen) atoms. The van der Waals surface area contributed by atoms with Crippen molar-refractivity contribution in [2.24, 2.45) is 0 Å². The minimum atomic E-state index is -0.372. The van der Waals surface area contributed by atoms with Gasteiger partial charge >= 0.3 is 0 Å². The second-order valence-corrected chi connectivity index (χ2v) is 5.14. The molecule has 0 aromatic heterocycles. The van der Waals surface area contributed by atoms with Crippen molar-refractivity contribution in [3.63, 3.8) is 0 Å². The van der Waals surface area contributed by atoms with Crippen LogP contribution in [0.15, 0.2) is 18.2 Å². The Hall–Kier alpha value is -1.44. The highest BCUT2D eigenvalue weighted by Gasteiger charge is 2.18. The summed E-state index contributed by atoms with van der Waals surface area (Å²) in [6.45, 7) is 2.66. The van der Waals surface area contributed by atoms with Gasteiger partial charge in [0, 0.05) is 18.2 Å². The van der Waals surface area contributed by atoms with E-state index in [2.05, 4.69) is 10.2 Å². The van der Waals surface area contributed by atoms with Gasteiger partial charge in [-0.15, -0.1) is 0 Å². The Balaban J connectivity index is 2.06. The molecule has 2 rings (SSSR count). The van der Waals surface area contributed by atoms with Crippen molar-refractivity contribution in [3.05, 3.63) is 35.1 Å². The first-order valence-electron chi connectivity index (χ1n) is 6.81. The zero-order chi connectivity index (χ0) is 13.7. The summed E-state index contributed by atoms with van der Waals surface area (Å²) in [5.41, 5.74) is 0.743. The van der Waals surface area contributed by atoms with Crippen molar-refractivity contribution in [1.29, 1.82) is 5.26 Å². The Kier molecular flexibility index (Phi) is 4.89. The molecule has 0 saturated carbocycles. The largest absolute Gasteiger partial charge is 0.317 e. The molecule has 1 aliphatic heterocycles. The van der Waals surface area contributed by atoms with Crippen LogP contribution in [-0.2, 0) is 6.54 Å². The molecule has 0 amide bonds. The molecule has 1 aromatic rings. The van der Waals surface area contributed by atoms with E-state index < -0.39 is 0 Å². The minimum absolute atomic E-state index is 0.133. The van der Waals surface area contributed by atoms with Crippen LogP contribution >= 0.6 is 0 Å². The lowest BCUT2D eigenvalue weighted by Gasteiger charge is -2.27. The SMILES string of the molecule is CN(Cc1cccc(C#N)c1F)C1CCCNCC1. The molecular formula is C15H20FN3. The Morgan fingerprint density at radius 3 is 3.05 bits per heavy atom. The third kappa shape index (κ3) is 3.52. The van der Waals surface area contributed by atoms with E-state index >= 15 is 0 Å². The fourth-order valence-electron chi connectivity index (χ4n) is 2.63. The van der Waals surface area contributed by atoms with E-state index in [9.17, 15) is 4.39 Å². The number of halogens is 1. The monoisotopic (exact) mass is 261 g/mol. The molecule has 0 spiro atoms. The van der Waals surface area contributed by atoms with Crippen LogP contribution in [0, 0.1) is 17.1 Å². The first-order chi connectivity index (χ1) is 9.22. The molecule has 1 heterocycles. The summed E-state index contributed by atoms with van der Waals surface area (Å²) >= 11 is 0. The average molecular weight is 261 g/mol. The predicted molar refractivity (Wildman–Crippen MR) is 73.1 cm³/mol. The molecule has 1 atom stereocenters. The second kappa shape index (κ2) is 6.65. The lowest BCUT2D eigenvalue weighted by atomic mass is 10.1. The van der Waals surface area contributed by atoms with Crippen molar-refractivity contribution >= 4 is 0 Å². The molecule has 1 unspecified atom stereocenters. The number of nitriles is 1. The van der Waals surface area contributed by atoms with Crippen molar-refractivity contribution in [3.8, 4) is 6.07 Å². The summed E-state index contributed by atoms with van der Waals surface area (Å²) in [7, 11) is 2.04. The molecule has 1 aromatic carbocycles. The molecule has 3 nitrogen and oxygen atoms in total. The number of benzene rings is 1. The number of hydrogen-bond acceptors (Lipinski definition) is 3. The molecular weight excluding hydrogens is 241 g/mol. The highest BCUT2D eigenvalue weighted by Crippen LogP contribution is 2.18. The molecule has 0 bridgehead atoms. The van der Waals surface area contributed by atoms with E-state index in [1.54, 1.807) is 12.1 Å². The molecule has 1 N–H and O–H groups in total. The van der Waals surface area contributed by atoms with Crippen LogP contribution < -0.4 is 5.32 Å². The lowest BCUT2D eigenvalue weighted by molar-refractivity contribution is 0.214. The van der Waals surface area contributed by atoms with Crippen LogP contribution in [0.3, 0.4) is 0 Å². The number of nitrogens with one attached hydrogen (secondary N) is 1. The smallest absolute Gasteiger partial charge is 0.145 e. The number of nitrogens with zero attached hydrogens (tertiary/aromatic N) is 2. The maximum Gasteiger partial charge on any atom is 0.145 e. The quantitative estimate of drug-likeness (QED) is 0.907. The fourth-order valence-corrected chi connectivity index (χ4v) is 2.63. The molecule has 1 fully saturated rings. The van der Waals surface area contributed by atoms with Crippen LogP contribution in [-0.4, -0.2) is 31.1 Å². The first kappa shape index (κ1) is 14.0. The van der Waals surface area contributed by atoms with Crippen LogP contribution in [0.4, 0.5) is 4.39 Å². The minimum Gasteiger partial charge on any atom is -0.317 e. The van der Waals surface area contributed by atoms with E-state index in [1.807, 2.05) is 13.1 Å². The van der Waals surface area contributed by atoms with Gasteiger partial charge in [0.2, 0.25) is 0 Å². The topological polar surface area (TPSA) is 39.1 Å². The molecule has 1 saturated heterocycles. The standard InChI is InChI=1S/C15H20FN3/c1-19(14-6-3-8-18-9-7-14)11-13-5-2-4-12(10-17)15(13)16/h2,4-5,14,18H,3,6-9,11H2,1H3. The molecule has 0 aliphatic carbocycles. The fraction of sp³-hybridized carbons (Fsp3) is 0.533. The van der Waals surface area contributed by atoms with Gasteiger partial charge in [-0.05, 0) is 45.5 Å². The molecule has 1 aliphatic rings. The van der Waals surface area contributed by atoms with E-state index in [0.29, 0.717) is 18.2 Å². The van der Waals surface area contributed by atoms with Gasteiger partial charge in [0.1, 0.15) is 11.9 Å². The second-order valence-electron chi connectivity index (χ2n) is 5.14. The van der Waals surface area contributed by atoms with Gasteiger partial charge in [-0.1, -0.05) is 12.1 Å². The summed E-state index contributed by atoms with van der Waals surface area (Å²) in [4.78, 5) is 2.20. The number of rotatable bonds is 3. The van der Waals surface area contributed by atoms with Crippen LogP contribution in [0.25, 0.3) is 0 Å². The highest BCUT2D eigenvalue weighted by molar-refractivity contribution is 5.34. The van der Waals surface area contributed by atoms with E-state index in [0.717, 1.165) is 32.4 Å². The zero-order valence-corrected chi connectivity index (χ0v) is 11.3. The van der Waals surface area contributed by atoms with Gasteiger partial charge in [0.15, 0.2) is 0 Å². The van der Waals surface area contributed by atoms with Gasteiger partial charge in [-0.3, -0.25) is 4.90 Å². The van der Waals surface area contributed by atoms with Crippen molar-refractivity contribution in [2.75, 3.05) is 20.1 Å². The maximum absolute atomic E-state index is 14.0. The van der Waals surface area contributed by atoms with Gasteiger partial charge in [0.25, 0.3) is 0 Å². The Morgan fingerprint density at radius 1 is 1.42 bits per heavy atom. The average Bonchev–Trinajstić information content (AvgIpc) is 2.70. The van der Waals surface area contributed by atoms with E-state index in [4.69, 9.17) is 5.26 Å². The normalized spacial score (nSPS) is 20.0. The summed E-state index contributed by atoms with van der Waals surface area (Å²) in [6.07, 6.45) is 3.40. The van der Waals surface area contributed by atoms with Crippen LogP contribution in [0.5, 0.6) is 0 Å². The Labute approximate surface area is 114 Å². The lowest BCUT2D eigenvalue weighted by Crippen LogP contribution is -2.32. The molecule has 102 valence electrons. The van der Waals surface area contributed by atoms with Crippen LogP contribution in [0.2, 0.25) is 0 Å². The highest BCUT2D eigenvalue weighted by atomic mass is 19.1. The van der Waals surface area contributed by atoms with Crippen molar-refractivity contribution < 1.29 is 4.39 Å². The van der Waals surface area contributed by atoms with Gasteiger partial charge in [-0.25, -0.2) is 4.39 Å². The zero-order valence-electron chi connectivity index (χ0n) is 11.3. The molecule has 0 radical (unpaired) electrons. The van der Waals surface area contributed by atoms with Gasteiger partial charge < -0.3 is 5.32 Å². The Morgan fingerprint density at radius 2 is 2.26 bits per heavy atom. The van der Waals surface area contributed by atoms with E-state index in [1.165, 1.54) is 6.07 Å². The van der Waals surface area contributed by atoms with Gasteiger partial charge in [0.05, 0.1) is 5.56 Å². The summed E-state index contributed by atoms with van der Waals surface area (Å²) in [6, 6.07) is 7.42. The maximum atomic E-state index is 14.0. The molecule has 4 heteroatoms. The third-order valence-electron chi connectivity index (χ3n) is 3.79. The van der Waals surface area contributed by atoms with E-state index in [-0.39, 0.29) is 11.4 Å². The Bertz CT molecular complexity index is 459. The third-order valence-corrected chi connectivity index (χ3v) is 3.79. The van der Waals surface area contributed by atoms with Gasteiger partial charge in [-0.2, -0.15) is 5.26 Å². The van der Waals surface area contributed by atoms with Crippen LogP contribution in [0.1, 0.15) is 30.4 Å². The summed E-state index contributed by atoms with van der Waals surface area (Å²) < 4.78 is 14.0.